The standard InChI is InChI=1S/C13H16N6/c1-10-4-3-5-11(6-10)8-19-13(15-16-17-19)12-7-14-18(2)9-12/h3-7,9,16-17H,8H2,1-2H3. The Morgan fingerprint density at radius 1 is 1.32 bits per heavy atom. The van der Waals surface area contributed by atoms with E-state index in [2.05, 4.69) is 52.5 Å². The first-order valence-corrected chi connectivity index (χ1v) is 6.13. The van der Waals surface area contributed by atoms with Crippen LogP contribution < -0.4 is 11.1 Å². The number of hydrogen-bond donors (Lipinski definition) is 2. The van der Waals surface area contributed by atoms with Crippen molar-refractivity contribution in [3.05, 3.63) is 53.3 Å². The molecule has 1 aromatic carbocycles. The average molecular weight is 256 g/mol. The van der Waals surface area contributed by atoms with Crippen LogP contribution >= 0.6 is 0 Å². The Bertz CT molecular complexity index is 615. The molecule has 98 valence electrons. The number of aryl methyl sites for hydroxylation is 2. The lowest BCUT2D eigenvalue weighted by Crippen LogP contribution is -2.40. The lowest BCUT2D eigenvalue weighted by Gasteiger charge is -2.18. The van der Waals surface area contributed by atoms with Crippen LogP contribution in [0.1, 0.15) is 16.7 Å². The molecule has 2 aromatic rings. The van der Waals surface area contributed by atoms with Crippen LogP contribution in [0.3, 0.4) is 0 Å². The third-order valence-electron chi connectivity index (χ3n) is 2.99. The zero-order valence-electron chi connectivity index (χ0n) is 11.0. The van der Waals surface area contributed by atoms with Crippen LogP contribution in [0.4, 0.5) is 0 Å². The molecule has 6 heteroatoms. The van der Waals surface area contributed by atoms with E-state index in [9.17, 15) is 0 Å². The molecule has 0 radical (unpaired) electrons. The first kappa shape index (κ1) is 11.7. The number of rotatable bonds is 3. The molecule has 0 aliphatic carbocycles. The van der Waals surface area contributed by atoms with Gasteiger partial charge in [-0.15, -0.1) is 10.6 Å². The lowest BCUT2D eigenvalue weighted by molar-refractivity contribution is 0.288. The zero-order chi connectivity index (χ0) is 13.2. The van der Waals surface area contributed by atoms with Gasteiger partial charge in [0.05, 0.1) is 18.3 Å². The van der Waals surface area contributed by atoms with Crippen LogP contribution in [0.5, 0.6) is 0 Å². The van der Waals surface area contributed by atoms with Crippen molar-refractivity contribution >= 4 is 5.84 Å². The number of nitrogens with zero attached hydrogens (tertiary/aromatic N) is 4. The number of nitrogens with one attached hydrogen (secondary N) is 2. The molecule has 1 aliphatic heterocycles. The highest BCUT2D eigenvalue weighted by Gasteiger charge is 2.20. The lowest BCUT2D eigenvalue weighted by atomic mass is 10.1. The van der Waals surface area contributed by atoms with Crippen molar-refractivity contribution in [2.75, 3.05) is 0 Å². The molecule has 1 aliphatic rings. The number of hydrazone groups is 1. The van der Waals surface area contributed by atoms with Crippen LogP contribution in [0.25, 0.3) is 0 Å². The predicted octanol–water partition coefficient (Wildman–Crippen LogP) is 0.915. The van der Waals surface area contributed by atoms with Crippen LogP contribution in [-0.4, -0.2) is 20.6 Å². The maximum Gasteiger partial charge on any atom is 0.176 e. The molecule has 0 spiro atoms. The van der Waals surface area contributed by atoms with E-state index in [-0.39, 0.29) is 0 Å². The van der Waals surface area contributed by atoms with E-state index in [0.717, 1.165) is 17.9 Å². The second kappa shape index (κ2) is 4.74. The van der Waals surface area contributed by atoms with Gasteiger partial charge in [0.25, 0.3) is 0 Å². The quantitative estimate of drug-likeness (QED) is 0.857. The highest BCUT2D eigenvalue weighted by atomic mass is 15.8. The van der Waals surface area contributed by atoms with Crippen molar-refractivity contribution in [2.45, 2.75) is 13.5 Å². The first-order chi connectivity index (χ1) is 9.22. The van der Waals surface area contributed by atoms with Gasteiger partial charge in [-0.05, 0) is 12.5 Å². The fraction of sp³-hybridized carbons (Fsp3) is 0.231. The van der Waals surface area contributed by atoms with Crippen LogP contribution in [0.15, 0.2) is 41.8 Å². The number of hydrogen-bond acceptors (Lipinski definition) is 5. The second-order valence-corrected chi connectivity index (χ2v) is 4.64. The molecule has 19 heavy (non-hydrogen) atoms. The number of hydrazine groups is 2. The summed E-state index contributed by atoms with van der Waals surface area (Å²) < 4.78 is 1.76. The Hall–Kier alpha value is -2.34. The maximum absolute atomic E-state index is 4.25. The molecule has 0 fully saturated rings. The van der Waals surface area contributed by atoms with Crippen molar-refractivity contribution in [2.24, 2.45) is 12.1 Å². The molecular weight excluding hydrogens is 240 g/mol. The number of benzene rings is 1. The molecule has 0 atom stereocenters. The summed E-state index contributed by atoms with van der Waals surface area (Å²) in [6.07, 6.45) is 3.74. The topological polar surface area (TPSA) is 57.5 Å². The summed E-state index contributed by atoms with van der Waals surface area (Å²) in [7, 11) is 1.89. The predicted molar refractivity (Wildman–Crippen MR) is 72.7 cm³/mol. The maximum atomic E-state index is 4.25. The Kier molecular flexibility index (Phi) is 2.92. The van der Waals surface area contributed by atoms with E-state index in [1.165, 1.54) is 11.1 Å². The molecule has 0 unspecified atom stereocenters. The van der Waals surface area contributed by atoms with Crippen molar-refractivity contribution in [3.8, 4) is 0 Å². The molecular formula is C13H16N6. The van der Waals surface area contributed by atoms with E-state index in [4.69, 9.17) is 0 Å². The summed E-state index contributed by atoms with van der Waals surface area (Å²) in [6.45, 7) is 2.83. The molecule has 0 bridgehead atoms. The molecule has 0 saturated heterocycles. The van der Waals surface area contributed by atoms with Gasteiger partial charge in [0.2, 0.25) is 0 Å². The van der Waals surface area contributed by atoms with Crippen molar-refractivity contribution in [3.63, 3.8) is 0 Å². The van der Waals surface area contributed by atoms with Crippen LogP contribution in [0.2, 0.25) is 0 Å². The minimum atomic E-state index is 0.738. The average Bonchev–Trinajstić information content (AvgIpc) is 2.98. The summed E-state index contributed by atoms with van der Waals surface area (Å²) >= 11 is 0. The zero-order valence-corrected chi connectivity index (χ0v) is 11.0. The normalized spacial score (nSPS) is 14.4. The number of aromatic nitrogens is 2. The van der Waals surface area contributed by atoms with Crippen LogP contribution in [-0.2, 0) is 13.6 Å². The molecule has 1 aromatic heterocycles. The SMILES string of the molecule is Cc1cccc(CN2NNN=C2c2cnn(C)c2)c1. The summed E-state index contributed by atoms with van der Waals surface area (Å²) in [4.78, 5) is 0. The van der Waals surface area contributed by atoms with Crippen molar-refractivity contribution in [1.29, 1.82) is 0 Å². The van der Waals surface area contributed by atoms with E-state index < -0.39 is 0 Å². The Morgan fingerprint density at radius 3 is 2.95 bits per heavy atom. The third-order valence-corrected chi connectivity index (χ3v) is 2.99. The van der Waals surface area contributed by atoms with Gasteiger partial charge in [0.15, 0.2) is 5.84 Å². The molecule has 2 N–H and O–H groups in total. The molecule has 6 nitrogen and oxygen atoms in total. The summed E-state index contributed by atoms with van der Waals surface area (Å²) in [5.74, 6) is 0.842. The Balaban J connectivity index is 1.80. The van der Waals surface area contributed by atoms with Gasteiger partial charge in [-0.2, -0.15) is 5.10 Å². The smallest absolute Gasteiger partial charge is 0.176 e. The first-order valence-electron chi connectivity index (χ1n) is 6.13. The van der Waals surface area contributed by atoms with Crippen molar-refractivity contribution < 1.29 is 0 Å². The molecule has 0 saturated carbocycles. The van der Waals surface area contributed by atoms with E-state index in [1.54, 1.807) is 10.9 Å². The molecule has 0 amide bonds. The van der Waals surface area contributed by atoms with Gasteiger partial charge in [-0.1, -0.05) is 29.8 Å². The van der Waals surface area contributed by atoms with Crippen molar-refractivity contribution in [1.82, 2.24) is 25.9 Å². The Morgan fingerprint density at radius 2 is 2.21 bits per heavy atom. The summed E-state index contributed by atoms with van der Waals surface area (Å²) in [6, 6.07) is 8.43. The van der Waals surface area contributed by atoms with Gasteiger partial charge in [0.1, 0.15) is 0 Å². The number of amidine groups is 1. The fourth-order valence-corrected chi connectivity index (χ4v) is 2.12. The Labute approximate surface area is 111 Å². The van der Waals surface area contributed by atoms with Gasteiger partial charge in [-0.25, -0.2) is 5.53 Å². The van der Waals surface area contributed by atoms with Gasteiger partial charge in [-0.3, -0.25) is 9.69 Å². The highest BCUT2D eigenvalue weighted by molar-refractivity contribution is 5.98. The minimum Gasteiger partial charge on any atom is -0.275 e. The highest BCUT2D eigenvalue weighted by Crippen LogP contribution is 2.11. The fourth-order valence-electron chi connectivity index (χ4n) is 2.12. The summed E-state index contributed by atoms with van der Waals surface area (Å²) in [5, 5.41) is 10.4. The van der Waals surface area contributed by atoms with Crippen LogP contribution in [0, 0.1) is 6.92 Å². The largest absolute Gasteiger partial charge is 0.275 e. The van der Waals surface area contributed by atoms with Gasteiger partial charge >= 0.3 is 0 Å². The molecule has 2 heterocycles. The summed E-state index contributed by atoms with van der Waals surface area (Å²) in [5.41, 5.74) is 9.28. The van der Waals surface area contributed by atoms with E-state index in [0.29, 0.717) is 0 Å². The minimum absolute atomic E-state index is 0.738. The second-order valence-electron chi connectivity index (χ2n) is 4.64. The monoisotopic (exact) mass is 256 g/mol. The van der Waals surface area contributed by atoms with E-state index >= 15 is 0 Å². The third kappa shape index (κ3) is 2.43. The van der Waals surface area contributed by atoms with Gasteiger partial charge in [0, 0.05) is 13.2 Å². The van der Waals surface area contributed by atoms with E-state index in [1.807, 2.05) is 18.3 Å². The molecule has 3 rings (SSSR count). The van der Waals surface area contributed by atoms with Gasteiger partial charge < -0.3 is 0 Å².